The van der Waals surface area contributed by atoms with E-state index in [1.54, 1.807) is 0 Å². The van der Waals surface area contributed by atoms with Gasteiger partial charge in [0.05, 0.1) is 5.52 Å². The average molecular weight is 460 g/mol. The minimum Gasteiger partial charge on any atom is -0.372 e. The van der Waals surface area contributed by atoms with Crippen LogP contribution in [0.15, 0.2) is 103 Å². The lowest BCUT2D eigenvalue weighted by Crippen LogP contribution is -2.12. The molecule has 0 saturated carbocycles. The maximum atomic E-state index is 12.7. The fourth-order valence-electron chi connectivity index (χ4n) is 3.88. The molecule has 0 aliphatic heterocycles. The van der Waals surface area contributed by atoms with Crippen molar-refractivity contribution in [3.63, 3.8) is 0 Å². The monoisotopic (exact) mass is 459 g/mol. The lowest BCUT2D eigenvalue weighted by molar-refractivity contribution is 0.102. The first-order chi connectivity index (χ1) is 17.2. The summed E-state index contributed by atoms with van der Waals surface area (Å²) in [4.78, 5) is 21.8. The van der Waals surface area contributed by atoms with Crippen molar-refractivity contribution in [1.29, 1.82) is 0 Å². The number of amides is 1. The molecule has 172 valence electrons. The summed E-state index contributed by atoms with van der Waals surface area (Å²) in [6.07, 6.45) is 0. The zero-order valence-corrected chi connectivity index (χ0v) is 19.3. The van der Waals surface area contributed by atoms with E-state index in [-0.39, 0.29) is 5.91 Å². The molecule has 0 radical (unpaired) electrons. The van der Waals surface area contributed by atoms with Crippen molar-refractivity contribution in [3.05, 3.63) is 114 Å². The number of nitrogens with zero attached hydrogens (tertiary/aromatic N) is 2. The molecule has 0 fully saturated rings. The van der Waals surface area contributed by atoms with Crippen molar-refractivity contribution in [2.45, 2.75) is 6.54 Å². The molecule has 0 aliphatic carbocycles. The third-order valence-corrected chi connectivity index (χ3v) is 5.76. The van der Waals surface area contributed by atoms with Crippen molar-refractivity contribution in [1.82, 2.24) is 9.97 Å². The summed E-state index contributed by atoms with van der Waals surface area (Å²) in [6, 6.07) is 33.4. The maximum Gasteiger partial charge on any atom is 0.255 e. The minimum atomic E-state index is -0.139. The smallest absolute Gasteiger partial charge is 0.255 e. The van der Waals surface area contributed by atoms with Crippen LogP contribution < -0.4 is 16.0 Å². The van der Waals surface area contributed by atoms with Crippen LogP contribution in [0.5, 0.6) is 0 Å². The van der Waals surface area contributed by atoms with Crippen LogP contribution in [0, 0.1) is 0 Å². The number of anilines is 3. The Morgan fingerprint density at radius 2 is 1.43 bits per heavy atom. The molecule has 0 unspecified atom stereocenters. The quantitative estimate of drug-likeness (QED) is 0.270. The highest BCUT2D eigenvalue weighted by Gasteiger charge is 2.08. The van der Waals surface area contributed by atoms with Crippen LogP contribution in [0.2, 0.25) is 0 Å². The second kappa shape index (κ2) is 10.1. The van der Waals surface area contributed by atoms with Crippen molar-refractivity contribution in [2.75, 3.05) is 23.0 Å². The van der Waals surface area contributed by atoms with Crippen molar-refractivity contribution in [2.24, 2.45) is 0 Å². The average Bonchev–Trinajstić information content (AvgIpc) is 2.92. The van der Waals surface area contributed by atoms with E-state index in [0.717, 1.165) is 39.1 Å². The predicted octanol–water partition coefficient (Wildman–Crippen LogP) is 6.20. The SMILES string of the molecule is CNc1nc(NCc2ccc(NC(=O)c3ccc(-c4ccccc4)cc3)cc2)nc2ccccc12. The second-order valence-electron chi connectivity index (χ2n) is 8.11. The number of benzene rings is 4. The standard InChI is InChI=1S/C29H25N5O/c1-30-27-25-9-5-6-10-26(25)33-29(34-27)31-19-20-11-17-24(18-12-20)32-28(35)23-15-13-22(14-16-23)21-7-3-2-4-8-21/h2-18H,19H2,1H3,(H,32,35)(H2,30,31,33,34). The number of fused-ring (bicyclic) bond motifs is 1. The first-order valence-corrected chi connectivity index (χ1v) is 11.4. The summed E-state index contributed by atoms with van der Waals surface area (Å²) in [5.41, 5.74) is 5.49. The van der Waals surface area contributed by atoms with E-state index in [1.165, 1.54) is 0 Å². The van der Waals surface area contributed by atoms with Gasteiger partial charge in [0, 0.05) is 30.2 Å². The lowest BCUT2D eigenvalue weighted by Gasteiger charge is -2.10. The number of aromatic nitrogens is 2. The van der Waals surface area contributed by atoms with E-state index in [1.807, 2.05) is 98.0 Å². The number of nitrogens with one attached hydrogen (secondary N) is 3. The summed E-state index contributed by atoms with van der Waals surface area (Å²) >= 11 is 0. The van der Waals surface area contributed by atoms with E-state index >= 15 is 0 Å². The molecule has 6 heteroatoms. The summed E-state index contributed by atoms with van der Waals surface area (Å²) in [5, 5.41) is 10.4. The lowest BCUT2D eigenvalue weighted by atomic mass is 10.0. The topological polar surface area (TPSA) is 78.9 Å². The molecular formula is C29H25N5O. The van der Waals surface area contributed by atoms with Crippen LogP contribution in [0.4, 0.5) is 17.5 Å². The maximum absolute atomic E-state index is 12.7. The van der Waals surface area contributed by atoms with Crippen molar-refractivity contribution in [3.8, 4) is 11.1 Å². The first kappa shape index (κ1) is 22.1. The molecule has 3 N–H and O–H groups in total. The Hall–Kier alpha value is -4.71. The summed E-state index contributed by atoms with van der Waals surface area (Å²) in [5.74, 6) is 1.21. The van der Waals surface area contributed by atoms with Crippen molar-refractivity contribution >= 4 is 34.3 Å². The normalized spacial score (nSPS) is 10.7. The van der Waals surface area contributed by atoms with E-state index in [9.17, 15) is 4.79 Å². The zero-order chi connectivity index (χ0) is 24.0. The molecule has 4 aromatic carbocycles. The summed E-state index contributed by atoms with van der Waals surface area (Å²) in [6.45, 7) is 0.566. The van der Waals surface area contributed by atoms with Gasteiger partial charge in [-0.15, -0.1) is 0 Å². The number of carbonyl (C=O) groups excluding carboxylic acids is 1. The highest BCUT2D eigenvalue weighted by atomic mass is 16.1. The fraction of sp³-hybridized carbons (Fsp3) is 0.0690. The summed E-state index contributed by atoms with van der Waals surface area (Å²) in [7, 11) is 1.85. The Morgan fingerprint density at radius 3 is 2.17 bits per heavy atom. The van der Waals surface area contributed by atoms with E-state index < -0.39 is 0 Å². The Kier molecular flexibility index (Phi) is 6.35. The molecule has 35 heavy (non-hydrogen) atoms. The van der Waals surface area contributed by atoms with E-state index in [4.69, 9.17) is 0 Å². The molecule has 5 aromatic rings. The molecule has 6 nitrogen and oxygen atoms in total. The number of hydrogen-bond acceptors (Lipinski definition) is 5. The highest BCUT2D eigenvalue weighted by molar-refractivity contribution is 6.04. The van der Waals surface area contributed by atoms with Crippen LogP contribution in [0.3, 0.4) is 0 Å². The number of rotatable bonds is 7. The Labute approximate surface area is 204 Å². The fourth-order valence-corrected chi connectivity index (χ4v) is 3.88. The van der Waals surface area contributed by atoms with Gasteiger partial charge in [0.1, 0.15) is 5.82 Å². The largest absolute Gasteiger partial charge is 0.372 e. The van der Waals surface area contributed by atoms with Crippen LogP contribution >= 0.6 is 0 Å². The van der Waals surface area contributed by atoms with Gasteiger partial charge in [-0.3, -0.25) is 4.79 Å². The van der Waals surface area contributed by atoms with Gasteiger partial charge in [0.2, 0.25) is 5.95 Å². The van der Waals surface area contributed by atoms with Crippen LogP contribution in [-0.4, -0.2) is 22.9 Å². The van der Waals surface area contributed by atoms with Crippen LogP contribution in [0.1, 0.15) is 15.9 Å². The molecule has 0 atom stereocenters. The summed E-state index contributed by atoms with van der Waals surface area (Å²) < 4.78 is 0. The minimum absolute atomic E-state index is 0.139. The third kappa shape index (κ3) is 5.12. The van der Waals surface area contributed by atoms with Gasteiger partial charge >= 0.3 is 0 Å². The molecule has 5 rings (SSSR count). The first-order valence-electron chi connectivity index (χ1n) is 11.4. The van der Waals surface area contributed by atoms with Gasteiger partial charge in [-0.25, -0.2) is 4.98 Å². The van der Waals surface area contributed by atoms with Crippen molar-refractivity contribution < 1.29 is 4.79 Å². The van der Waals surface area contributed by atoms with Gasteiger partial charge < -0.3 is 16.0 Å². The van der Waals surface area contributed by atoms with E-state index in [2.05, 4.69) is 38.1 Å². The van der Waals surface area contributed by atoms with Gasteiger partial charge in [0.25, 0.3) is 5.91 Å². The second-order valence-corrected chi connectivity index (χ2v) is 8.11. The number of para-hydroxylation sites is 1. The van der Waals surface area contributed by atoms with Gasteiger partial charge in [-0.1, -0.05) is 66.7 Å². The van der Waals surface area contributed by atoms with Crippen LogP contribution in [-0.2, 0) is 6.54 Å². The zero-order valence-electron chi connectivity index (χ0n) is 19.3. The Balaban J connectivity index is 1.21. The number of hydrogen-bond donors (Lipinski definition) is 3. The van der Waals surface area contributed by atoms with Gasteiger partial charge in [0.15, 0.2) is 0 Å². The highest BCUT2D eigenvalue weighted by Crippen LogP contribution is 2.22. The molecule has 1 aromatic heterocycles. The Morgan fingerprint density at radius 1 is 0.743 bits per heavy atom. The third-order valence-electron chi connectivity index (χ3n) is 5.76. The van der Waals surface area contributed by atoms with Gasteiger partial charge in [-0.05, 0) is 53.1 Å². The van der Waals surface area contributed by atoms with Gasteiger partial charge in [-0.2, -0.15) is 4.98 Å². The number of carbonyl (C=O) groups is 1. The predicted molar refractivity (Wildman–Crippen MR) is 143 cm³/mol. The molecule has 1 heterocycles. The van der Waals surface area contributed by atoms with E-state index in [0.29, 0.717) is 18.1 Å². The Bertz CT molecular complexity index is 1450. The van der Waals surface area contributed by atoms with Crippen LogP contribution in [0.25, 0.3) is 22.0 Å². The molecule has 1 amide bonds. The molecule has 0 bridgehead atoms. The molecule has 0 spiro atoms. The molecule has 0 aliphatic rings. The molecular weight excluding hydrogens is 434 g/mol. The molecule has 0 saturated heterocycles.